The number of carbonyl (C=O) groups is 2. The molecule has 1 aromatic rings. The number of anilines is 1. The molecule has 17 heavy (non-hydrogen) atoms. The fourth-order valence-electron chi connectivity index (χ4n) is 1.25. The van der Waals surface area contributed by atoms with Crippen LogP contribution in [0.25, 0.3) is 0 Å². The minimum atomic E-state index is -0.612. The lowest BCUT2D eigenvalue weighted by Gasteiger charge is -2.07. The summed E-state index contributed by atoms with van der Waals surface area (Å²) in [6.07, 6.45) is 0. The van der Waals surface area contributed by atoms with Crippen molar-refractivity contribution in [1.29, 1.82) is 0 Å². The van der Waals surface area contributed by atoms with Gasteiger partial charge in [0.1, 0.15) is 0 Å². The van der Waals surface area contributed by atoms with Crippen LogP contribution in [0.1, 0.15) is 15.9 Å². The van der Waals surface area contributed by atoms with Gasteiger partial charge in [-0.1, -0.05) is 6.07 Å². The van der Waals surface area contributed by atoms with E-state index in [9.17, 15) is 9.59 Å². The maximum atomic E-state index is 11.6. The normalized spacial score (nSPS) is 9.71. The van der Waals surface area contributed by atoms with E-state index >= 15 is 0 Å². The first-order valence-electron chi connectivity index (χ1n) is 5.18. The molecule has 0 aliphatic rings. The van der Waals surface area contributed by atoms with Crippen LogP contribution in [0.3, 0.4) is 0 Å². The monoisotopic (exact) mass is 236 g/mol. The number of urea groups is 1. The molecule has 0 saturated carbocycles. The first-order valence-corrected chi connectivity index (χ1v) is 5.18. The molecule has 0 atom stereocenters. The maximum Gasteiger partial charge on any atom is 0.312 e. The van der Waals surface area contributed by atoms with Crippen LogP contribution in [0.15, 0.2) is 18.2 Å². The third-order valence-electron chi connectivity index (χ3n) is 2.25. The van der Waals surface area contributed by atoms with Crippen molar-refractivity contribution in [2.24, 2.45) is 5.73 Å². The van der Waals surface area contributed by atoms with E-state index in [1.165, 1.54) is 0 Å². The van der Waals surface area contributed by atoms with Gasteiger partial charge in [-0.3, -0.25) is 4.79 Å². The van der Waals surface area contributed by atoms with Gasteiger partial charge < -0.3 is 22.1 Å². The lowest BCUT2D eigenvalue weighted by Crippen LogP contribution is -2.37. The van der Waals surface area contributed by atoms with E-state index in [2.05, 4.69) is 10.6 Å². The van der Waals surface area contributed by atoms with Crippen LogP contribution in [0.5, 0.6) is 0 Å². The van der Waals surface area contributed by atoms with E-state index in [-0.39, 0.29) is 5.91 Å². The molecule has 1 aromatic carbocycles. The Labute approximate surface area is 99.4 Å². The maximum absolute atomic E-state index is 11.6. The number of nitrogens with two attached hydrogens (primary N) is 2. The van der Waals surface area contributed by atoms with E-state index < -0.39 is 6.03 Å². The van der Waals surface area contributed by atoms with Crippen LogP contribution in [0.4, 0.5) is 10.5 Å². The number of primary amides is 1. The van der Waals surface area contributed by atoms with Crippen LogP contribution in [0.2, 0.25) is 0 Å². The largest absolute Gasteiger partial charge is 0.398 e. The van der Waals surface area contributed by atoms with Crippen molar-refractivity contribution in [3.63, 3.8) is 0 Å². The van der Waals surface area contributed by atoms with E-state index in [4.69, 9.17) is 11.5 Å². The van der Waals surface area contributed by atoms with Gasteiger partial charge in [0.05, 0.1) is 0 Å². The molecule has 0 aromatic heterocycles. The number of nitrogens with one attached hydrogen (secondary N) is 2. The molecule has 3 amide bonds. The summed E-state index contributed by atoms with van der Waals surface area (Å²) in [6.45, 7) is 2.48. The Morgan fingerprint density at radius 2 is 1.88 bits per heavy atom. The second kappa shape index (κ2) is 5.74. The zero-order valence-corrected chi connectivity index (χ0v) is 9.62. The van der Waals surface area contributed by atoms with Gasteiger partial charge in [-0.05, 0) is 24.6 Å². The number of carbonyl (C=O) groups excluding carboxylic acids is 2. The molecule has 0 spiro atoms. The summed E-state index contributed by atoms with van der Waals surface area (Å²) in [6, 6.07) is 4.49. The fourth-order valence-corrected chi connectivity index (χ4v) is 1.25. The molecule has 6 N–H and O–H groups in total. The average molecular weight is 236 g/mol. The standard InChI is InChI=1S/C11H16N4O2/c1-7-2-3-8(6-9(7)12)10(16)14-4-5-15-11(13)17/h2-3,6H,4-5,12H2,1H3,(H,14,16)(H3,13,15,17). The van der Waals surface area contributed by atoms with E-state index in [0.717, 1.165) is 5.56 Å². The molecule has 0 aliphatic carbocycles. The summed E-state index contributed by atoms with van der Waals surface area (Å²) in [5, 5.41) is 5.01. The molecule has 0 aliphatic heterocycles. The second-order valence-electron chi connectivity index (χ2n) is 3.62. The topological polar surface area (TPSA) is 110 Å². The van der Waals surface area contributed by atoms with Crippen LogP contribution in [0, 0.1) is 6.92 Å². The molecule has 0 fully saturated rings. The summed E-state index contributed by atoms with van der Waals surface area (Å²) in [4.78, 5) is 22.0. The Kier molecular flexibility index (Phi) is 4.33. The van der Waals surface area contributed by atoms with E-state index in [1.54, 1.807) is 18.2 Å². The first-order chi connectivity index (χ1) is 8.00. The minimum Gasteiger partial charge on any atom is -0.398 e. The molecule has 0 saturated heterocycles. The van der Waals surface area contributed by atoms with Gasteiger partial charge in [0.2, 0.25) is 0 Å². The highest BCUT2D eigenvalue weighted by Crippen LogP contribution is 2.12. The molecule has 1 rings (SSSR count). The van der Waals surface area contributed by atoms with E-state index in [0.29, 0.717) is 24.3 Å². The molecule has 6 nitrogen and oxygen atoms in total. The molecule has 0 heterocycles. The number of aryl methyl sites for hydroxylation is 1. The Morgan fingerprint density at radius 3 is 2.47 bits per heavy atom. The van der Waals surface area contributed by atoms with Crippen molar-refractivity contribution in [1.82, 2.24) is 10.6 Å². The number of amides is 3. The lowest BCUT2D eigenvalue weighted by atomic mass is 10.1. The van der Waals surface area contributed by atoms with Gasteiger partial charge in [0.15, 0.2) is 0 Å². The predicted octanol–water partition coefficient (Wildman–Crippen LogP) is -0.0247. The Hall–Kier alpha value is -2.24. The molecule has 0 unspecified atom stereocenters. The average Bonchev–Trinajstić information content (AvgIpc) is 2.27. The van der Waals surface area contributed by atoms with Gasteiger partial charge in [0.25, 0.3) is 5.91 Å². The SMILES string of the molecule is Cc1ccc(C(=O)NCCNC(N)=O)cc1N. The Balaban J connectivity index is 2.47. The Bertz CT molecular complexity index is 431. The van der Waals surface area contributed by atoms with Gasteiger partial charge in [-0.15, -0.1) is 0 Å². The third kappa shape index (κ3) is 4.02. The van der Waals surface area contributed by atoms with Crippen LogP contribution in [-0.4, -0.2) is 25.0 Å². The van der Waals surface area contributed by atoms with E-state index in [1.807, 2.05) is 6.92 Å². The summed E-state index contributed by atoms with van der Waals surface area (Å²) in [5.41, 5.74) is 12.6. The highest BCUT2D eigenvalue weighted by molar-refractivity contribution is 5.95. The third-order valence-corrected chi connectivity index (χ3v) is 2.25. The zero-order chi connectivity index (χ0) is 12.8. The van der Waals surface area contributed by atoms with Gasteiger partial charge in [-0.25, -0.2) is 4.79 Å². The summed E-state index contributed by atoms with van der Waals surface area (Å²) in [5.74, 6) is -0.233. The summed E-state index contributed by atoms with van der Waals surface area (Å²) < 4.78 is 0. The van der Waals surface area contributed by atoms with Crippen LogP contribution in [-0.2, 0) is 0 Å². The van der Waals surface area contributed by atoms with Gasteiger partial charge >= 0.3 is 6.03 Å². The summed E-state index contributed by atoms with van der Waals surface area (Å²) in [7, 11) is 0. The van der Waals surface area contributed by atoms with Crippen LogP contribution < -0.4 is 22.1 Å². The van der Waals surface area contributed by atoms with Crippen molar-refractivity contribution in [3.8, 4) is 0 Å². The van der Waals surface area contributed by atoms with Crippen molar-refractivity contribution < 1.29 is 9.59 Å². The highest BCUT2D eigenvalue weighted by atomic mass is 16.2. The zero-order valence-electron chi connectivity index (χ0n) is 9.62. The van der Waals surface area contributed by atoms with Gasteiger partial charge in [0, 0.05) is 24.3 Å². The fraction of sp³-hybridized carbons (Fsp3) is 0.273. The molecule has 6 heteroatoms. The molecule has 92 valence electrons. The van der Waals surface area contributed by atoms with Crippen molar-refractivity contribution in [3.05, 3.63) is 29.3 Å². The van der Waals surface area contributed by atoms with Crippen molar-refractivity contribution in [2.75, 3.05) is 18.8 Å². The number of nitrogen functional groups attached to an aromatic ring is 1. The quantitative estimate of drug-likeness (QED) is 0.435. The Morgan fingerprint density at radius 1 is 1.24 bits per heavy atom. The molecule has 0 bridgehead atoms. The first kappa shape index (κ1) is 12.8. The predicted molar refractivity (Wildman–Crippen MR) is 65.5 cm³/mol. The second-order valence-corrected chi connectivity index (χ2v) is 3.62. The molecular weight excluding hydrogens is 220 g/mol. The lowest BCUT2D eigenvalue weighted by molar-refractivity contribution is 0.0954. The number of hydrogen-bond acceptors (Lipinski definition) is 3. The highest BCUT2D eigenvalue weighted by Gasteiger charge is 2.05. The number of rotatable bonds is 4. The van der Waals surface area contributed by atoms with Crippen LogP contribution >= 0.6 is 0 Å². The molecule has 0 radical (unpaired) electrons. The molecular formula is C11H16N4O2. The van der Waals surface area contributed by atoms with Crippen molar-refractivity contribution >= 4 is 17.6 Å². The smallest absolute Gasteiger partial charge is 0.312 e. The van der Waals surface area contributed by atoms with Crippen molar-refractivity contribution in [2.45, 2.75) is 6.92 Å². The van der Waals surface area contributed by atoms with Gasteiger partial charge in [-0.2, -0.15) is 0 Å². The number of benzene rings is 1. The summed E-state index contributed by atoms with van der Waals surface area (Å²) >= 11 is 0. The minimum absolute atomic E-state index is 0.233. The number of hydrogen-bond donors (Lipinski definition) is 4.